The number of esters is 1. The zero-order valence-electron chi connectivity index (χ0n) is 17.3. The SMILES string of the molecule is COC(=O)c1ccc(C2(C)Oc3c(OC)cccc3N2c2cccc(OC)c2)cc1. The van der Waals surface area contributed by atoms with E-state index in [1.54, 1.807) is 26.4 Å². The van der Waals surface area contributed by atoms with Crippen LogP contribution in [0, 0.1) is 0 Å². The predicted molar refractivity (Wildman–Crippen MR) is 114 cm³/mol. The summed E-state index contributed by atoms with van der Waals surface area (Å²) >= 11 is 0. The lowest BCUT2D eigenvalue weighted by molar-refractivity contribution is 0.0600. The summed E-state index contributed by atoms with van der Waals surface area (Å²) in [6, 6.07) is 20.8. The van der Waals surface area contributed by atoms with Gasteiger partial charge in [-0.05, 0) is 43.3 Å². The minimum absolute atomic E-state index is 0.381. The second-order valence-electron chi connectivity index (χ2n) is 7.00. The molecule has 1 unspecified atom stereocenters. The number of fused-ring (bicyclic) bond motifs is 1. The summed E-state index contributed by atoms with van der Waals surface area (Å²) < 4.78 is 22.3. The van der Waals surface area contributed by atoms with Gasteiger partial charge in [0, 0.05) is 17.3 Å². The summed E-state index contributed by atoms with van der Waals surface area (Å²) in [7, 11) is 4.63. The third-order valence-corrected chi connectivity index (χ3v) is 5.30. The summed E-state index contributed by atoms with van der Waals surface area (Å²) in [5, 5.41) is 0. The van der Waals surface area contributed by atoms with Crippen LogP contribution < -0.4 is 19.1 Å². The number of carbonyl (C=O) groups is 1. The second kappa shape index (κ2) is 7.63. The van der Waals surface area contributed by atoms with Crippen LogP contribution in [0.3, 0.4) is 0 Å². The van der Waals surface area contributed by atoms with Crippen molar-refractivity contribution in [3.8, 4) is 17.2 Å². The number of methoxy groups -OCH3 is 3. The molecule has 154 valence electrons. The van der Waals surface area contributed by atoms with Crippen molar-refractivity contribution < 1.29 is 23.7 Å². The van der Waals surface area contributed by atoms with Crippen LogP contribution in [0.25, 0.3) is 0 Å². The van der Waals surface area contributed by atoms with E-state index in [0.717, 1.165) is 22.7 Å². The summed E-state index contributed by atoms with van der Waals surface area (Å²) in [5.41, 5.74) is 2.25. The van der Waals surface area contributed by atoms with Gasteiger partial charge in [-0.1, -0.05) is 24.3 Å². The number of hydrogen-bond donors (Lipinski definition) is 0. The largest absolute Gasteiger partial charge is 0.497 e. The maximum Gasteiger partial charge on any atom is 0.337 e. The van der Waals surface area contributed by atoms with Crippen molar-refractivity contribution in [1.82, 2.24) is 0 Å². The number of para-hydroxylation sites is 1. The number of anilines is 2. The quantitative estimate of drug-likeness (QED) is 0.563. The van der Waals surface area contributed by atoms with Crippen molar-refractivity contribution in [2.45, 2.75) is 12.6 Å². The smallest absolute Gasteiger partial charge is 0.337 e. The summed E-state index contributed by atoms with van der Waals surface area (Å²) in [6.45, 7) is 1.99. The fourth-order valence-electron chi connectivity index (χ4n) is 3.77. The van der Waals surface area contributed by atoms with E-state index in [9.17, 15) is 4.79 Å². The molecule has 0 saturated carbocycles. The van der Waals surface area contributed by atoms with E-state index in [4.69, 9.17) is 18.9 Å². The monoisotopic (exact) mass is 405 g/mol. The highest BCUT2D eigenvalue weighted by Gasteiger charge is 2.46. The van der Waals surface area contributed by atoms with Gasteiger partial charge in [0.2, 0.25) is 5.72 Å². The molecule has 1 aliphatic rings. The van der Waals surface area contributed by atoms with Gasteiger partial charge >= 0.3 is 5.97 Å². The second-order valence-corrected chi connectivity index (χ2v) is 7.00. The van der Waals surface area contributed by atoms with Crippen LogP contribution in [0.2, 0.25) is 0 Å². The molecule has 1 aliphatic heterocycles. The Labute approximate surface area is 175 Å². The molecule has 0 aromatic heterocycles. The van der Waals surface area contributed by atoms with Crippen molar-refractivity contribution in [2.24, 2.45) is 0 Å². The van der Waals surface area contributed by atoms with Crippen molar-refractivity contribution in [3.63, 3.8) is 0 Å². The Morgan fingerprint density at radius 3 is 2.33 bits per heavy atom. The maximum atomic E-state index is 11.8. The minimum Gasteiger partial charge on any atom is -0.497 e. The van der Waals surface area contributed by atoms with Crippen LogP contribution in [0.1, 0.15) is 22.8 Å². The first kappa shape index (κ1) is 19.6. The summed E-state index contributed by atoms with van der Waals surface area (Å²) in [5.74, 6) is 1.67. The highest BCUT2D eigenvalue weighted by Crippen LogP contribution is 2.54. The molecule has 30 heavy (non-hydrogen) atoms. The third-order valence-electron chi connectivity index (χ3n) is 5.30. The molecule has 0 N–H and O–H groups in total. The Kier molecular flexibility index (Phi) is 4.99. The first-order valence-corrected chi connectivity index (χ1v) is 9.51. The average molecular weight is 405 g/mol. The van der Waals surface area contributed by atoms with Gasteiger partial charge < -0.3 is 18.9 Å². The molecule has 0 bridgehead atoms. The maximum absolute atomic E-state index is 11.8. The lowest BCUT2D eigenvalue weighted by atomic mass is 10.00. The molecule has 0 amide bonds. The number of benzene rings is 3. The van der Waals surface area contributed by atoms with E-state index in [1.807, 2.05) is 61.5 Å². The van der Waals surface area contributed by atoms with Crippen LogP contribution in [0.15, 0.2) is 66.7 Å². The van der Waals surface area contributed by atoms with E-state index >= 15 is 0 Å². The van der Waals surface area contributed by atoms with E-state index < -0.39 is 5.72 Å². The Morgan fingerprint density at radius 2 is 1.67 bits per heavy atom. The van der Waals surface area contributed by atoms with Gasteiger partial charge in [0.05, 0.1) is 32.6 Å². The van der Waals surface area contributed by atoms with E-state index in [-0.39, 0.29) is 5.97 Å². The Balaban J connectivity index is 1.87. The number of ether oxygens (including phenoxy) is 4. The van der Waals surface area contributed by atoms with Gasteiger partial charge in [-0.3, -0.25) is 4.90 Å². The highest BCUT2D eigenvalue weighted by molar-refractivity contribution is 5.89. The van der Waals surface area contributed by atoms with E-state index in [2.05, 4.69) is 4.90 Å². The van der Waals surface area contributed by atoms with Crippen molar-refractivity contribution in [1.29, 1.82) is 0 Å². The first-order valence-electron chi connectivity index (χ1n) is 9.51. The zero-order valence-corrected chi connectivity index (χ0v) is 17.3. The molecule has 3 aromatic carbocycles. The topological polar surface area (TPSA) is 57.2 Å². The standard InChI is InChI=1S/C24H23NO5/c1-24(17-13-11-16(12-14-17)23(26)29-4)25(18-7-5-8-19(15-18)27-2)20-9-6-10-21(28-3)22(20)30-24/h5-15H,1-4H3. The van der Waals surface area contributed by atoms with Crippen molar-refractivity contribution in [3.05, 3.63) is 77.9 Å². The van der Waals surface area contributed by atoms with Crippen molar-refractivity contribution >= 4 is 17.3 Å². The Hall–Kier alpha value is -3.67. The average Bonchev–Trinajstić information content (AvgIpc) is 3.11. The Morgan fingerprint density at radius 1 is 0.933 bits per heavy atom. The molecule has 0 fully saturated rings. The molecule has 3 aromatic rings. The molecule has 4 rings (SSSR count). The molecule has 0 aliphatic carbocycles. The van der Waals surface area contributed by atoms with E-state index in [0.29, 0.717) is 17.1 Å². The molecule has 0 spiro atoms. The molecule has 1 atom stereocenters. The number of carbonyl (C=O) groups excluding carboxylic acids is 1. The van der Waals surface area contributed by atoms with Crippen LogP contribution in [0.4, 0.5) is 11.4 Å². The first-order chi connectivity index (χ1) is 14.5. The van der Waals surface area contributed by atoms with Crippen LogP contribution in [0.5, 0.6) is 17.2 Å². The molecular weight excluding hydrogens is 382 g/mol. The van der Waals surface area contributed by atoms with Gasteiger partial charge in [-0.25, -0.2) is 4.79 Å². The zero-order chi connectivity index (χ0) is 21.3. The van der Waals surface area contributed by atoms with Gasteiger partial charge in [-0.2, -0.15) is 0 Å². The molecular formula is C24H23NO5. The van der Waals surface area contributed by atoms with Crippen molar-refractivity contribution in [2.75, 3.05) is 26.2 Å². The van der Waals surface area contributed by atoms with Gasteiger partial charge in [0.15, 0.2) is 11.5 Å². The lowest BCUT2D eigenvalue weighted by Gasteiger charge is -2.36. The van der Waals surface area contributed by atoms with Gasteiger partial charge in [0.1, 0.15) is 5.75 Å². The van der Waals surface area contributed by atoms with Crippen LogP contribution in [-0.4, -0.2) is 27.3 Å². The number of rotatable bonds is 5. The summed E-state index contributed by atoms with van der Waals surface area (Å²) in [6.07, 6.45) is 0. The molecule has 1 heterocycles. The Bertz CT molecular complexity index is 1080. The number of hydrogen-bond acceptors (Lipinski definition) is 6. The molecule has 0 radical (unpaired) electrons. The third kappa shape index (κ3) is 3.10. The molecule has 6 heteroatoms. The molecule has 6 nitrogen and oxygen atoms in total. The molecule has 0 saturated heterocycles. The lowest BCUT2D eigenvalue weighted by Crippen LogP contribution is -2.41. The van der Waals surface area contributed by atoms with Gasteiger partial charge in [0.25, 0.3) is 0 Å². The van der Waals surface area contributed by atoms with E-state index in [1.165, 1.54) is 7.11 Å². The minimum atomic E-state index is -0.877. The van der Waals surface area contributed by atoms with Crippen LogP contribution in [-0.2, 0) is 10.5 Å². The van der Waals surface area contributed by atoms with Gasteiger partial charge in [-0.15, -0.1) is 0 Å². The fourth-order valence-corrected chi connectivity index (χ4v) is 3.77. The number of nitrogens with zero attached hydrogens (tertiary/aromatic N) is 1. The van der Waals surface area contributed by atoms with Crippen LogP contribution >= 0.6 is 0 Å². The summed E-state index contributed by atoms with van der Waals surface area (Å²) in [4.78, 5) is 13.9. The normalized spacial score (nSPS) is 17.1. The predicted octanol–water partition coefficient (Wildman–Crippen LogP) is 4.89. The highest BCUT2D eigenvalue weighted by atomic mass is 16.6. The fraction of sp³-hybridized carbons (Fsp3) is 0.208.